The molecule has 0 radical (unpaired) electrons. The molecule has 0 unspecified atom stereocenters. The van der Waals surface area contributed by atoms with Crippen molar-refractivity contribution in [3.63, 3.8) is 0 Å². The van der Waals surface area contributed by atoms with Crippen LogP contribution in [-0.4, -0.2) is 16.9 Å². The van der Waals surface area contributed by atoms with Crippen LogP contribution in [0, 0.1) is 0 Å². The van der Waals surface area contributed by atoms with Crippen molar-refractivity contribution in [2.75, 3.05) is 6.67 Å². The Balaban J connectivity index is 3.08. The Bertz CT molecular complexity index is 268. The Morgan fingerprint density at radius 2 is 2.50 bits per heavy atom. The minimum atomic E-state index is 0.559. The number of fused-ring (bicyclic) bond motifs is 1. The van der Waals surface area contributed by atoms with Gasteiger partial charge in [0.15, 0.2) is 5.49 Å². The molecule has 0 saturated heterocycles. The lowest BCUT2D eigenvalue weighted by atomic mass is 10.7. The number of aromatic amines is 1. The summed E-state index contributed by atoms with van der Waals surface area (Å²) in [5, 5.41) is 7.32. The van der Waals surface area contributed by atoms with E-state index in [0.29, 0.717) is 6.67 Å². The zero-order chi connectivity index (χ0) is 5.40. The van der Waals surface area contributed by atoms with E-state index in [2.05, 4.69) is 20.2 Å². The number of hydrogen-bond donors (Lipinski definition) is 1. The van der Waals surface area contributed by atoms with Gasteiger partial charge in [0.2, 0.25) is 0 Å². The fourth-order valence-electron chi connectivity index (χ4n) is 0.687. The Hall–Kier alpha value is -1.19. The number of nitrogens with zero attached hydrogens (tertiary/aromatic N) is 3. The predicted octanol–water partition coefficient (Wildman–Crippen LogP) is -1.38. The molecule has 0 bridgehead atoms. The zero-order valence-corrected chi connectivity index (χ0v) is 4.13. The summed E-state index contributed by atoms with van der Waals surface area (Å²) in [4.78, 5) is 7.97. The van der Waals surface area contributed by atoms with Gasteiger partial charge in [-0.2, -0.15) is 5.10 Å². The lowest BCUT2D eigenvalue weighted by Crippen LogP contribution is -2.17. The average Bonchev–Trinajstić information content (AvgIpc) is 2.15. The van der Waals surface area contributed by atoms with Crippen LogP contribution in [-0.2, 0) is 0 Å². The molecule has 1 aliphatic rings. The van der Waals surface area contributed by atoms with E-state index in [-0.39, 0.29) is 0 Å². The summed E-state index contributed by atoms with van der Waals surface area (Å²) in [7, 11) is 0. The van der Waals surface area contributed by atoms with Gasteiger partial charge in [0.25, 0.3) is 0 Å². The van der Waals surface area contributed by atoms with Crippen molar-refractivity contribution in [2.24, 2.45) is 9.98 Å². The van der Waals surface area contributed by atoms with Gasteiger partial charge in [0.05, 0.1) is 6.20 Å². The standard InChI is InChI=1S/C4H4N4/c1-3-4(8-7-1)6-2-5-3/h1H,2H2,(H,6,8). The summed E-state index contributed by atoms with van der Waals surface area (Å²) in [6.45, 7) is 0.559. The highest BCUT2D eigenvalue weighted by Gasteiger charge is 1.93. The molecule has 1 aromatic heterocycles. The van der Waals surface area contributed by atoms with Gasteiger partial charge in [-0.15, -0.1) is 0 Å². The maximum Gasteiger partial charge on any atom is 0.170 e. The van der Waals surface area contributed by atoms with Gasteiger partial charge in [-0.1, -0.05) is 0 Å². The number of hydrogen-bond acceptors (Lipinski definition) is 3. The highest BCUT2D eigenvalue weighted by atomic mass is 15.2. The SMILES string of the molecule is c1n[nH]c2c1=NCN=2. The third-order valence-corrected chi connectivity index (χ3v) is 1.07. The maximum atomic E-state index is 4.00. The van der Waals surface area contributed by atoms with E-state index in [1.165, 1.54) is 0 Å². The minimum absolute atomic E-state index is 0.559. The molecule has 0 amide bonds. The van der Waals surface area contributed by atoms with E-state index in [1.807, 2.05) is 0 Å². The second-order valence-corrected chi connectivity index (χ2v) is 1.56. The molecule has 1 aliphatic heterocycles. The summed E-state index contributed by atoms with van der Waals surface area (Å²) in [6, 6.07) is 0. The lowest BCUT2D eigenvalue weighted by Gasteiger charge is -1.67. The minimum Gasteiger partial charge on any atom is -0.260 e. The largest absolute Gasteiger partial charge is 0.260 e. The van der Waals surface area contributed by atoms with Crippen molar-refractivity contribution < 1.29 is 0 Å². The van der Waals surface area contributed by atoms with E-state index in [4.69, 9.17) is 0 Å². The summed E-state index contributed by atoms with van der Waals surface area (Å²) in [5.74, 6) is 0. The van der Waals surface area contributed by atoms with Gasteiger partial charge in [-0.25, -0.2) is 4.99 Å². The van der Waals surface area contributed by atoms with Crippen LogP contribution in [0.1, 0.15) is 0 Å². The topological polar surface area (TPSA) is 53.4 Å². The van der Waals surface area contributed by atoms with Gasteiger partial charge in [-0.05, 0) is 0 Å². The Labute approximate surface area is 45.0 Å². The number of H-pyrrole nitrogens is 1. The number of aromatic nitrogens is 2. The first-order valence-electron chi connectivity index (χ1n) is 2.35. The molecule has 1 aromatic rings. The zero-order valence-electron chi connectivity index (χ0n) is 4.13. The molecule has 2 rings (SSSR count). The summed E-state index contributed by atoms with van der Waals surface area (Å²) >= 11 is 0. The summed E-state index contributed by atoms with van der Waals surface area (Å²) in [5.41, 5.74) is 0.810. The van der Waals surface area contributed by atoms with Gasteiger partial charge in [-0.3, -0.25) is 10.1 Å². The maximum absolute atomic E-state index is 4.00. The number of rotatable bonds is 0. The van der Waals surface area contributed by atoms with Crippen LogP contribution in [0.5, 0.6) is 0 Å². The molecule has 4 nitrogen and oxygen atoms in total. The van der Waals surface area contributed by atoms with Crippen LogP contribution in [0.25, 0.3) is 0 Å². The molecular weight excluding hydrogens is 104 g/mol. The third-order valence-electron chi connectivity index (χ3n) is 1.07. The molecule has 0 aliphatic carbocycles. The Morgan fingerprint density at radius 3 is 3.38 bits per heavy atom. The summed E-state index contributed by atoms with van der Waals surface area (Å²) in [6.07, 6.45) is 1.67. The van der Waals surface area contributed by atoms with Gasteiger partial charge in [0.1, 0.15) is 12.0 Å². The fraction of sp³-hybridized carbons (Fsp3) is 0.250. The second kappa shape index (κ2) is 1.15. The quantitative estimate of drug-likeness (QED) is 0.437. The highest BCUT2D eigenvalue weighted by molar-refractivity contribution is 4.81. The van der Waals surface area contributed by atoms with Crippen molar-refractivity contribution in [3.8, 4) is 0 Å². The van der Waals surface area contributed by atoms with Gasteiger partial charge >= 0.3 is 0 Å². The van der Waals surface area contributed by atoms with Crippen LogP contribution < -0.4 is 10.8 Å². The van der Waals surface area contributed by atoms with Gasteiger partial charge < -0.3 is 0 Å². The lowest BCUT2D eigenvalue weighted by molar-refractivity contribution is 0.969. The van der Waals surface area contributed by atoms with Crippen molar-refractivity contribution in [1.29, 1.82) is 0 Å². The van der Waals surface area contributed by atoms with Crippen molar-refractivity contribution >= 4 is 0 Å². The van der Waals surface area contributed by atoms with Crippen molar-refractivity contribution in [2.45, 2.75) is 0 Å². The highest BCUT2D eigenvalue weighted by Crippen LogP contribution is 1.70. The monoisotopic (exact) mass is 108 g/mol. The van der Waals surface area contributed by atoms with E-state index in [0.717, 1.165) is 10.8 Å². The average molecular weight is 108 g/mol. The Kier molecular flexibility index (Phi) is 0.542. The molecule has 0 spiro atoms. The number of nitrogens with one attached hydrogen (secondary N) is 1. The normalized spacial score (nSPS) is 14.5. The molecule has 0 aromatic carbocycles. The fourth-order valence-corrected chi connectivity index (χ4v) is 0.687. The van der Waals surface area contributed by atoms with Crippen LogP contribution in [0.15, 0.2) is 16.2 Å². The van der Waals surface area contributed by atoms with E-state index in [1.54, 1.807) is 6.20 Å². The van der Waals surface area contributed by atoms with E-state index >= 15 is 0 Å². The van der Waals surface area contributed by atoms with Crippen molar-refractivity contribution in [3.05, 3.63) is 17.0 Å². The van der Waals surface area contributed by atoms with Gasteiger partial charge in [0, 0.05) is 0 Å². The first-order valence-corrected chi connectivity index (χ1v) is 2.35. The molecule has 0 atom stereocenters. The van der Waals surface area contributed by atoms with Crippen LogP contribution in [0.2, 0.25) is 0 Å². The molecule has 4 heteroatoms. The molecule has 1 N–H and O–H groups in total. The van der Waals surface area contributed by atoms with E-state index < -0.39 is 0 Å². The third kappa shape index (κ3) is 0.318. The Morgan fingerprint density at radius 1 is 1.50 bits per heavy atom. The smallest absolute Gasteiger partial charge is 0.170 e. The molecule has 2 heterocycles. The molecular formula is C4H4N4. The molecule has 0 saturated carbocycles. The molecule has 40 valence electrons. The van der Waals surface area contributed by atoms with E-state index in [9.17, 15) is 0 Å². The second-order valence-electron chi connectivity index (χ2n) is 1.56. The van der Waals surface area contributed by atoms with Crippen molar-refractivity contribution in [1.82, 2.24) is 10.2 Å². The van der Waals surface area contributed by atoms with Crippen LogP contribution in [0.3, 0.4) is 0 Å². The summed E-state index contributed by atoms with van der Waals surface area (Å²) < 4.78 is 0. The van der Waals surface area contributed by atoms with Crippen LogP contribution >= 0.6 is 0 Å². The van der Waals surface area contributed by atoms with Crippen LogP contribution in [0.4, 0.5) is 0 Å². The predicted molar refractivity (Wildman–Crippen MR) is 25.8 cm³/mol. The molecule has 0 fully saturated rings. The first kappa shape index (κ1) is 3.77. The molecule has 8 heavy (non-hydrogen) atoms. The first-order chi connectivity index (χ1) is 3.97.